The van der Waals surface area contributed by atoms with Crippen molar-refractivity contribution in [1.82, 2.24) is 5.32 Å². The molecular weight excluding hydrogens is 461 g/mol. The van der Waals surface area contributed by atoms with Gasteiger partial charge in [-0.2, -0.15) is 13.2 Å². The summed E-state index contributed by atoms with van der Waals surface area (Å²) in [5, 5.41) is 5.14. The molecule has 7 nitrogen and oxygen atoms in total. The number of benzene rings is 2. The number of nitrogens with zero attached hydrogens (tertiary/aromatic N) is 2. The third kappa shape index (κ3) is 6.05. The summed E-state index contributed by atoms with van der Waals surface area (Å²) in [5.41, 5.74) is 1.22. The first-order valence-corrected chi connectivity index (χ1v) is 11.7. The number of amides is 3. The number of carbonyl (C=O) groups is 2. The fraction of sp³-hybridized carbons (Fsp3) is 0.440. The van der Waals surface area contributed by atoms with E-state index in [4.69, 9.17) is 4.74 Å². The predicted octanol–water partition coefficient (Wildman–Crippen LogP) is 4.64. The van der Waals surface area contributed by atoms with Crippen molar-refractivity contribution in [2.75, 3.05) is 34.8 Å². The summed E-state index contributed by atoms with van der Waals surface area (Å²) in [4.78, 5) is 29.4. The predicted molar refractivity (Wildman–Crippen MR) is 128 cm³/mol. The number of rotatable bonds is 4. The van der Waals surface area contributed by atoms with E-state index in [2.05, 4.69) is 15.5 Å². The van der Waals surface area contributed by atoms with Gasteiger partial charge >= 0.3 is 12.2 Å². The molecule has 2 aromatic rings. The van der Waals surface area contributed by atoms with Gasteiger partial charge in [0.15, 0.2) is 0 Å². The molecule has 2 aromatic carbocycles. The first kappa shape index (κ1) is 24.8. The van der Waals surface area contributed by atoms with E-state index in [1.807, 2.05) is 38.1 Å². The van der Waals surface area contributed by atoms with Crippen LogP contribution in [0.15, 0.2) is 48.5 Å². The molecule has 3 atom stereocenters. The Bertz CT molecular complexity index is 1030. The van der Waals surface area contributed by atoms with Crippen molar-refractivity contribution in [2.24, 2.45) is 0 Å². The number of carbonyl (C=O) groups excluding carboxylic acids is 2. The Labute approximate surface area is 202 Å². The maximum absolute atomic E-state index is 13.1. The highest BCUT2D eigenvalue weighted by atomic mass is 19.4. The normalized spacial score (nSPS) is 23.2. The second kappa shape index (κ2) is 10.2. The molecule has 3 amide bonds. The van der Waals surface area contributed by atoms with Gasteiger partial charge in [-0.15, -0.1) is 0 Å². The van der Waals surface area contributed by atoms with E-state index in [0.29, 0.717) is 19.4 Å². The van der Waals surface area contributed by atoms with Gasteiger partial charge < -0.3 is 25.2 Å². The quantitative estimate of drug-likeness (QED) is 0.655. The van der Waals surface area contributed by atoms with E-state index in [0.717, 1.165) is 36.6 Å². The molecule has 0 bridgehead atoms. The molecular formula is C25H29F3N4O3. The molecule has 0 aliphatic carbocycles. The Morgan fingerprint density at radius 2 is 1.57 bits per heavy atom. The number of piperidine rings is 1. The highest BCUT2D eigenvalue weighted by Gasteiger charge is 2.32. The van der Waals surface area contributed by atoms with Crippen LogP contribution in [0.4, 0.5) is 35.0 Å². The van der Waals surface area contributed by atoms with Crippen LogP contribution in [0, 0.1) is 0 Å². The maximum atomic E-state index is 13.1. The van der Waals surface area contributed by atoms with E-state index in [1.54, 1.807) is 4.90 Å². The number of halogens is 3. The lowest BCUT2D eigenvalue weighted by molar-refractivity contribution is -0.137. The summed E-state index contributed by atoms with van der Waals surface area (Å²) in [6, 6.07) is 10.6. The van der Waals surface area contributed by atoms with Crippen LogP contribution in [0.5, 0.6) is 0 Å². The van der Waals surface area contributed by atoms with Gasteiger partial charge in [-0.25, -0.2) is 4.79 Å². The molecule has 2 fully saturated rings. The molecule has 188 valence electrons. The van der Waals surface area contributed by atoms with E-state index in [-0.39, 0.29) is 23.8 Å². The lowest BCUT2D eigenvalue weighted by atomic mass is 10.0. The molecule has 2 saturated heterocycles. The van der Waals surface area contributed by atoms with Crippen LogP contribution in [0.1, 0.15) is 32.3 Å². The average molecular weight is 491 g/mol. The Morgan fingerprint density at radius 3 is 2.17 bits per heavy atom. The van der Waals surface area contributed by atoms with E-state index >= 15 is 0 Å². The van der Waals surface area contributed by atoms with Crippen LogP contribution in [0.3, 0.4) is 0 Å². The van der Waals surface area contributed by atoms with Crippen molar-refractivity contribution in [3.05, 3.63) is 54.1 Å². The van der Waals surface area contributed by atoms with Gasteiger partial charge in [-0.1, -0.05) is 0 Å². The van der Waals surface area contributed by atoms with Crippen LogP contribution < -0.4 is 20.4 Å². The number of hydrogen-bond donors (Lipinski definition) is 2. The lowest BCUT2D eigenvalue weighted by Crippen LogP contribution is -2.53. The zero-order valence-electron chi connectivity index (χ0n) is 19.6. The maximum Gasteiger partial charge on any atom is 0.416 e. The van der Waals surface area contributed by atoms with Crippen molar-refractivity contribution in [2.45, 2.75) is 51.1 Å². The van der Waals surface area contributed by atoms with Crippen LogP contribution in [0.2, 0.25) is 0 Å². The summed E-state index contributed by atoms with van der Waals surface area (Å²) in [6.45, 7) is 6.23. The zero-order chi connectivity index (χ0) is 25.2. The number of urea groups is 1. The van der Waals surface area contributed by atoms with Crippen LogP contribution in [-0.4, -0.2) is 49.8 Å². The zero-order valence-corrected chi connectivity index (χ0v) is 19.6. The second-order valence-corrected chi connectivity index (χ2v) is 9.04. The highest BCUT2D eigenvalue weighted by Crippen LogP contribution is 2.30. The average Bonchev–Trinajstić information content (AvgIpc) is 2.80. The number of hydrogen-bond acceptors (Lipinski definition) is 4. The van der Waals surface area contributed by atoms with Crippen LogP contribution >= 0.6 is 0 Å². The smallest absolute Gasteiger partial charge is 0.372 e. The summed E-state index contributed by atoms with van der Waals surface area (Å²) in [7, 11) is 0. The van der Waals surface area contributed by atoms with Crippen LogP contribution in [-0.2, 0) is 15.7 Å². The van der Waals surface area contributed by atoms with Crippen LogP contribution in [0.25, 0.3) is 0 Å². The van der Waals surface area contributed by atoms with E-state index < -0.39 is 23.8 Å². The van der Waals surface area contributed by atoms with Gasteiger partial charge in [0, 0.05) is 36.7 Å². The number of nitrogens with one attached hydrogen (secondary N) is 2. The van der Waals surface area contributed by atoms with Gasteiger partial charge in [0.25, 0.3) is 0 Å². The fourth-order valence-electron chi connectivity index (χ4n) is 4.57. The molecule has 35 heavy (non-hydrogen) atoms. The minimum atomic E-state index is -4.45. The Morgan fingerprint density at radius 1 is 0.971 bits per heavy atom. The molecule has 2 aliphatic heterocycles. The van der Waals surface area contributed by atoms with Crippen molar-refractivity contribution >= 4 is 29.0 Å². The highest BCUT2D eigenvalue weighted by molar-refractivity contribution is 6.01. The van der Waals surface area contributed by atoms with Gasteiger partial charge in [0.1, 0.15) is 6.04 Å². The first-order chi connectivity index (χ1) is 16.6. The Hall–Kier alpha value is -3.27. The third-order valence-corrected chi connectivity index (χ3v) is 6.16. The molecule has 0 spiro atoms. The summed E-state index contributed by atoms with van der Waals surface area (Å²) in [6.07, 6.45) is -2.98. The minimum absolute atomic E-state index is 0.141. The molecule has 0 radical (unpaired) electrons. The first-order valence-electron chi connectivity index (χ1n) is 11.7. The SMILES string of the molecule is C[C@@H]1CN(c2ccc(N3CCCC(NC(=O)Nc4ccc(C(F)(F)F)cc4)C3=O)cc2)C[C@H](C)O1. The summed E-state index contributed by atoms with van der Waals surface area (Å²) >= 11 is 0. The third-order valence-electron chi connectivity index (χ3n) is 6.16. The summed E-state index contributed by atoms with van der Waals surface area (Å²) in [5.74, 6) is -0.222. The second-order valence-electron chi connectivity index (χ2n) is 9.04. The van der Waals surface area contributed by atoms with E-state index in [1.165, 1.54) is 12.1 Å². The molecule has 2 heterocycles. The van der Waals surface area contributed by atoms with Gasteiger partial charge in [-0.3, -0.25) is 4.79 Å². The minimum Gasteiger partial charge on any atom is -0.372 e. The molecule has 1 unspecified atom stereocenters. The Balaban J connectivity index is 1.36. The largest absolute Gasteiger partial charge is 0.416 e. The van der Waals surface area contributed by atoms with Crippen molar-refractivity contribution in [1.29, 1.82) is 0 Å². The lowest BCUT2D eigenvalue weighted by Gasteiger charge is -2.37. The fourth-order valence-corrected chi connectivity index (χ4v) is 4.57. The van der Waals surface area contributed by atoms with E-state index in [9.17, 15) is 22.8 Å². The number of morpholine rings is 1. The topological polar surface area (TPSA) is 73.9 Å². The molecule has 10 heteroatoms. The van der Waals surface area contributed by atoms with Gasteiger partial charge in [0.2, 0.25) is 5.91 Å². The number of alkyl halides is 3. The molecule has 0 aromatic heterocycles. The Kier molecular flexibility index (Phi) is 7.20. The van der Waals surface area contributed by atoms with Crippen molar-refractivity contribution in [3.8, 4) is 0 Å². The monoisotopic (exact) mass is 490 g/mol. The molecule has 4 rings (SSSR count). The van der Waals surface area contributed by atoms with Crippen molar-refractivity contribution in [3.63, 3.8) is 0 Å². The van der Waals surface area contributed by atoms with Gasteiger partial charge in [0.05, 0.1) is 17.8 Å². The molecule has 0 saturated carbocycles. The summed E-state index contributed by atoms with van der Waals surface area (Å²) < 4.78 is 43.9. The standard InChI is InChI=1S/C25H29F3N4O3/c1-16-14-31(15-17(2)35-16)20-9-11-21(12-10-20)32-13-3-4-22(23(32)33)30-24(34)29-19-7-5-18(6-8-19)25(26,27)28/h5-12,16-17,22H,3-4,13-15H2,1-2H3,(H2,29,30,34)/t16-,17+,22?. The van der Waals surface area contributed by atoms with Crippen molar-refractivity contribution < 1.29 is 27.5 Å². The number of ether oxygens (including phenoxy) is 1. The molecule has 2 N–H and O–H groups in total. The molecule has 2 aliphatic rings. The number of anilines is 3. The van der Waals surface area contributed by atoms with Gasteiger partial charge in [-0.05, 0) is 75.2 Å².